The minimum atomic E-state index is -4.44. The lowest BCUT2D eigenvalue weighted by atomic mass is 9.85. The van der Waals surface area contributed by atoms with Crippen LogP contribution in [0.5, 0.6) is 0 Å². The first-order valence-electron chi connectivity index (χ1n) is 9.60. The van der Waals surface area contributed by atoms with Gasteiger partial charge in [-0.2, -0.15) is 31.8 Å². The number of halogens is 3. The molecule has 0 saturated heterocycles. The van der Waals surface area contributed by atoms with Crippen LogP contribution in [0, 0.1) is 5.92 Å². The quantitative estimate of drug-likeness (QED) is 0.787. The van der Waals surface area contributed by atoms with Crippen LogP contribution in [0.2, 0.25) is 0 Å². The highest BCUT2D eigenvalue weighted by Gasteiger charge is 2.36. The van der Waals surface area contributed by atoms with Gasteiger partial charge in [-0.3, -0.25) is 14.3 Å². The van der Waals surface area contributed by atoms with Crippen LogP contribution in [0.15, 0.2) is 30.5 Å². The minimum Gasteiger partial charge on any atom is -0.352 e. The van der Waals surface area contributed by atoms with E-state index in [1.807, 2.05) is 6.92 Å². The molecule has 4 rings (SSSR count). The highest BCUT2D eigenvalue weighted by Crippen LogP contribution is 2.33. The van der Waals surface area contributed by atoms with Crippen molar-refractivity contribution in [2.24, 2.45) is 5.92 Å². The summed E-state index contributed by atoms with van der Waals surface area (Å²) >= 11 is 0. The number of alkyl halides is 3. The molecule has 1 atom stereocenters. The molecule has 2 aromatic rings. The Hall–Kier alpha value is -2.49. The van der Waals surface area contributed by atoms with Gasteiger partial charge >= 0.3 is 6.18 Å². The monoisotopic (exact) mass is 440 g/mol. The summed E-state index contributed by atoms with van der Waals surface area (Å²) in [7, 11) is 0. The van der Waals surface area contributed by atoms with Gasteiger partial charge in [-0.25, -0.2) is 0 Å². The Labute approximate surface area is 178 Å². The molecule has 2 heterocycles. The van der Waals surface area contributed by atoms with Gasteiger partial charge in [0.05, 0.1) is 23.4 Å². The molecule has 0 spiro atoms. The van der Waals surface area contributed by atoms with Gasteiger partial charge in [0.1, 0.15) is 5.69 Å². The molecular formula is C20H23F3N4O2S. The van der Waals surface area contributed by atoms with E-state index in [9.17, 15) is 22.8 Å². The van der Waals surface area contributed by atoms with Crippen molar-refractivity contribution < 1.29 is 22.8 Å². The third-order valence-electron chi connectivity index (χ3n) is 5.63. The van der Waals surface area contributed by atoms with Crippen LogP contribution < -0.4 is 10.2 Å². The molecule has 6 nitrogen and oxygen atoms in total. The summed E-state index contributed by atoms with van der Waals surface area (Å²) < 4.78 is 40.0. The summed E-state index contributed by atoms with van der Waals surface area (Å²) in [5, 5.41) is 7.07. The number of benzene rings is 1. The van der Waals surface area contributed by atoms with Crippen LogP contribution in [0.1, 0.15) is 58.6 Å². The van der Waals surface area contributed by atoms with Crippen molar-refractivity contribution in [2.75, 3.05) is 18.0 Å². The molecule has 30 heavy (non-hydrogen) atoms. The normalized spacial score (nSPS) is 19.0. The number of nitrogens with one attached hydrogen (secondary N) is 1. The topological polar surface area (TPSA) is 67.2 Å². The molecule has 1 fully saturated rings. The van der Waals surface area contributed by atoms with Gasteiger partial charge < -0.3 is 10.2 Å². The number of rotatable bonds is 4. The van der Waals surface area contributed by atoms with Crippen molar-refractivity contribution in [1.29, 1.82) is 0 Å². The predicted octanol–water partition coefficient (Wildman–Crippen LogP) is 3.77. The number of hydrogen-bond acceptors (Lipinski definition) is 3. The Bertz CT molecular complexity index is 939. The SMILES string of the molecule is C[C@H]1CN(c2ccc(C(F)(F)F)cc2)C(=O)c2c(C(=O)NCC3CCC3)cnn21.S. The van der Waals surface area contributed by atoms with Gasteiger partial charge in [-0.15, -0.1) is 0 Å². The van der Waals surface area contributed by atoms with E-state index >= 15 is 0 Å². The van der Waals surface area contributed by atoms with Crippen LogP contribution in [0.3, 0.4) is 0 Å². The van der Waals surface area contributed by atoms with Gasteiger partial charge in [-0.1, -0.05) is 6.42 Å². The van der Waals surface area contributed by atoms with Crippen molar-refractivity contribution in [3.8, 4) is 0 Å². The zero-order valence-corrected chi connectivity index (χ0v) is 17.4. The van der Waals surface area contributed by atoms with E-state index in [-0.39, 0.29) is 43.2 Å². The summed E-state index contributed by atoms with van der Waals surface area (Å²) in [5.74, 6) is -0.328. The molecule has 162 valence electrons. The second kappa shape index (κ2) is 8.33. The van der Waals surface area contributed by atoms with Crippen molar-refractivity contribution in [3.63, 3.8) is 0 Å². The Morgan fingerprint density at radius 1 is 1.23 bits per heavy atom. The summed E-state index contributed by atoms with van der Waals surface area (Å²) in [6, 6.07) is 4.22. The number of anilines is 1. The first kappa shape index (κ1) is 22.2. The number of fused-ring (bicyclic) bond motifs is 1. The third-order valence-corrected chi connectivity index (χ3v) is 5.63. The summed E-state index contributed by atoms with van der Waals surface area (Å²) in [4.78, 5) is 27.1. The molecule has 0 unspecified atom stereocenters. The van der Waals surface area contributed by atoms with Gasteiger partial charge in [0.15, 0.2) is 0 Å². The first-order chi connectivity index (χ1) is 13.8. The van der Waals surface area contributed by atoms with Crippen LogP contribution in [-0.2, 0) is 6.18 Å². The Kier molecular flexibility index (Phi) is 6.16. The second-order valence-electron chi connectivity index (χ2n) is 7.67. The van der Waals surface area contributed by atoms with Crippen LogP contribution in [0.4, 0.5) is 18.9 Å². The summed E-state index contributed by atoms with van der Waals surface area (Å²) in [5.41, 5.74) is -0.0736. The van der Waals surface area contributed by atoms with Crippen molar-refractivity contribution in [2.45, 2.75) is 38.4 Å². The van der Waals surface area contributed by atoms with E-state index in [2.05, 4.69) is 10.4 Å². The molecule has 2 amide bonds. The van der Waals surface area contributed by atoms with E-state index in [0.717, 1.165) is 25.0 Å². The summed E-state index contributed by atoms with van der Waals surface area (Å²) in [6.07, 6.45) is 0.286. The number of carbonyl (C=O) groups excluding carboxylic acids is 2. The Balaban J connectivity index is 0.00000256. The maximum atomic E-state index is 13.1. The zero-order valence-electron chi connectivity index (χ0n) is 16.4. The van der Waals surface area contributed by atoms with E-state index in [4.69, 9.17) is 0 Å². The standard InChI is InChI=1S/C20H21F3N4O2.H2S/c1-12-11-26(15-7-5-14(6-8-15)20(21,22)23)19(29)17-16(10-25-27(12)17)18(28)24-9-13-3-2-4-13;/h5-8,10,12-13H,2-4,9,11H2,1H3,(H,24,28);1H2/t12-;/m0./s1. The van der Waals surface area contributed by atoms with E-state index in [0.29, 0.717) is 18.2 Å². The van der Waals surface area contributed by atoms with Crippen LogP contribution in [-0.4, -0.2) is 34.7 Å². The number of aromatic nitrogens is 2. The number of carbonyl (C=O) groups is 2. The predicted molar refractivity (Wildman–Crippen MR) is 110 cm³/mol. The van der Waals surface area contributed by atoms with Gasteiger partial charge in [0, 0.05) is 18.8 Å². The first-order valence-corrected chi connectivity index (χ1v) is 9.60. The van der Waals surface area contributed by atoms with E-state index in [1.165, 1.54) is 34.3 Å². The average Bonchev–Trinajstić information content (AvgIpc) is 3.09. The van der Waals surface area contributed by atoms with Gasteiger partial charge in [0.25, 0.3) is 11.8 Å². The largest absolute Gasteiger partial charge is 0.416 e. The van der Waals surface area contributed by atoms with Crippen molar-refractivity contribution in [1.82, 2.24) is 15.1 Å². The molecule has 1 aromatic heterocycles. The second-order valence-corrected chi connectivity index (χ2v) is 7.67. The molecule has 1 aliphatic carbocycles. The molecule has 2 aliphatic rings. The molecule has 1 aliphatic heterocycles. The Morgan fingerprint density at radius 2 is 1.90 bits per heavy atom. The van der Waals surface area contributed by atoms with Crippen molar-refractivity contribution in [3.05, 3.63) is 47.3 Å². The molecule has 1 aromatic carbocycles. The number of nitrogens with zero attached hydrogens (tertiary/aromatic N) is 3. The zero-order chi connectivity index (χ0) is 20.8. The maximum absolute atomic E-state index is 13.1. The molecule has 1 N–H and O–H groups in total. The Morgan fingerprint density at radius 3 is 2.47 bits per heavy atom. The lowest BCUT2D eigenvalue weighted by molar-refractivity contribution is -0.137. The number of amides is 2. The minimum absolute atomic E-state index is 0. The van der Waals surface area contributed by atoms with Crippen LogP contribution in [0.25, 0.3) is 0 Å². The molecule has 10 heteroatoms. The lowest BCUT2D eigenvalue weighted by Gasteiger charge is -2.32. The fraction of sp³-hybridized carbons (Fsp3) is 0.450. The third kappa shape index (κ3) is 4.05. The highest BCUT2D eigenvalue weighted by atomic mass is 32.1. The average molecular weight is 440 g/mol. The summed E-state index contributed by atoms with van der Waals surface area (Å²) in [6.45, 7) is 2.66. The van der Waals surface area contributed by atoms with E-state index in [1.54, 1.807) is 0 Å². The maximum Gasteiger partial charge on any atom is 0.416 e. The molecule has 0 radical (unpaired) electrons. The van der Waals surface area contributed by atoms with Gasteiger partial charge in [-0.05, 0) is 49.9 Å². The van der Waals surface area contributed by atoms with Gasteiger partial charge in [0.2, 0.25) is 0 Å². The molecule has 0 bridgehead atoms. The van der Waals surface area contributed by atoms with Crippen LogP contribution >= 0.6 is 13.5 Å². The van der Waals surface area contributed by atoms with E-state index < -0.39 is 17.6 Å². The molecule has 1 saturated carbocycles. The smallest absolute Gasteiger partial charge is 0.352 e. The highest BCUT2D eigenvalue weighted by molar-refractivity contribution is 7.59. The fourth-order valence-corrected chi connectivity index (χ4v) is 3.71. The number of hydrogen-bond donors (Lipinski definition) is 1. The lowest BCUT2D eigenvalue weighted by Crippen LogP contribution is -2.44. The fourth-order valence-electron chi connectivity index (χ4n) is 3.71. The molecular weight excluding hydrogens is 417 g/mol. The van der Waals surface area contributed by atoms with Crippen molar-refractivity contribution >= 4 is 31.0 Å².